The van der Waals surface area contributed by atoms with Crippen LogP contribution in [0.3, 0.4) is 0 Å². The van der Waals surface area contributed by atoms with E-state index in [2.05, 4.69) is 15.5 Å². The van der Waals surface area contributed by atoms with Crippen LogP contribution in [0.2, 0.25) is 0 Å². The molecule has 0 aliphatic heterocycles. The lowest BCUT2D eigenvalue weighted by atomic mass is 10.4. The molecule has 82 valence electrons. The van der Waals surface area contributed by atoms with Gasteiger partial charge in [-0.15, -0.1) is 10.2 Å². The minimum atomic E-state index is -4.44. The van der Waals surface area contributed by atoms with Gasteiger partial charge < -0.3 is 11.1 Å². The molecule has 15 heavy (non-hydrogen) atoms. The molecule has 1 fully saturated rings. The third-order valence-electron chi connectivity index (χ3n) is 2.13. The van der Waals surface area contributed by atoms with E-state index in [-0.39, 0.29) is 12.1 Å². The SMILES string of the molecule is NC1CC1Nc1ccc(C(F)(F)F)nn1. The molecule has 4 nitrogen and oxygen atoms in total. The van der Waals surface area contributed by atoms with E-state index >= 15 is 0 Å². The fourth-order valence-electron chi connectivity index (χ4n) is 1.13. The zero-order valence-electron chi connectivity index (χ0n) is 7.62. The van der Waals surface area contributed by atoms with Crippen molar-refractivity contribution < 1.29 is 13.2 Å². The molecule has 2 atom stereocenters. The molecule has 0 aromatic carbocycles. The van der Waals surface area contributed by atoms with Crippen molar-refractivity contribution in [3.63, 3.8) is 0 Å². The summed E-state index contributed by atoms with van der Waals surface area (Å²) in [5, 5.41) is 9.38. The molecule has 7 heteroatoms. The van der Waals surface area contributed by atoms with Crippen LogP contribution >= 0.6 is 0 Å². The molecular formula is C8H9F3N4. The van der Waals surface area contributed by atoms with Crippen LogP contribution in [0.15, 0.2) is 12.1 Å². The second-order valence-electron chi connectivity index (χ2n) is 3.45. The average molecular weight is 218 g/mol. The molecule has 0 spiro atoms. The van der Waals surface area contributed by atoms with Crippen molar-refractivity contribution in [1.82, 2.24) is 10.2 Å². The van der Waals surface area contributed by atoms with E-state index in [1.54, 1.807) is 0 Å². The van der Waals surface area contributed by atoms with E-state index in [0.29, 0.717) is 5.82 Å². The Balaban J connectivity index is 2.04. The first kappa shape index (κ1) is 10.2. The molecule has 3 N–H and O–H groups in total. The zero-order chi connectivity index (χ0) is 11.1. The van der Waals surface area contributed by atoms with Gasteiger partial charge in [0.2, 0.25) is 0 Å². The number of anilines is 1. The van der Waals surface area contributed by atoms with Gasteiger partial charge in [-0.25, -0.2) is 0 Å². The van der Waals surface area contributed by atoms with E-state index in [1.807, 2.05) is 0 Å². The Labute approximate surface area is 83.7 Å². The van der Waals surface area contributed by atoms with Crippen molar-refractivity contribution in [2.45, 2.75) is 24.7 Å². The summed E-state index contributed by atoms with van der Waals surface area (Å²) in [6, 6.07) is 2.31. The highest BCUT2D eigenvalue weighted by atomic mass is 19.4. The third kappa shape index (κ3) is 2.35. The Bertz CT molecular complexity index is 348. The van der Waals surface area contributed by atoms with Gasteiger partial charge in [-0.2, -0.15) is 13.2 Å². The monoisotopic (exact) mass is 218 g/mol. The maximum atomic E-state index is 12.1. The number of halogens is 3. The Kier molecular flexibility index (Phi) is 2.26. The van der Waals surface area contributed by atoms with Gasteiger partial charge in [-0.3, -0.25) is 0 Å². The van der Waals surface area contributed by atoms with Crippen LogP contribution in [0.1, 0.15) is 12.1 Å². The highest BCUT2D eigenvalue weighted by molar-refractivity contribution is 5.37. The Morgan fingerprint density at radius 2 is 2.00 bits per heavy atom. The minimum absolute atomic E-state index is 0.0640. The first-order valence-corrected chi connectivity index (χ1v) is 4.40. The van der Waals surface area contributed by atoms with Crippen LogP contribution in [0.4, 0.5) is 19.0 Å². The molecule has 0 amide bonds. The standard InChI is InChI=1S/C8H9F3N4/c9-8(10,11)6-1-2-7(15-14-6)13-5-3-4(5)12/h1-2,4-5H,3,12H2,(H,13,15). The smallest absolute Gasteiger partial charge is 0.364 e. The summed E-state index contributed by atoms with van der Waals surface area (Å²) < 4.78 is 36.3. The second kappa shape index (κ2) is 3.34. The van der Waals surface area contributed by atoms with Gasteiger partial charge in [0.25, 0.3) is 0 Å². The van der Waals surface area contributed by atoms with Crippen molar-refractivity contribution in [3.8, 4) is 0 Å². The largest absolute Gasteiger partial charge is 0.435 e. The van der Waals surface area contributed by atoms with Gasteiger partial charge in [0.15, 0.2) is 5.69 Å². The van der Waals surface area contributed by atoms with Gasteiger partial charge in [0.05, 0.1) is 0 Å². The molecule has 0 saturated heterocycles. The fraction of sp³-hybridized carbons (Fsp3) is 0.500. The van der Waals surface area contributed by atoms with E-state index in [1.165, 1.54) is 6.07 Å². The molecule has 1 aromatic heterocycles. The molecule has 1 aliphatic rings. The van der Waals surface area contributed by atoms with Crippen LogP contribution in [0.25, 0.3) is 0 Å². The Morgan fingerprint density at radius 3 is 2.40 bits per heavy atom. The van der Waals surface area contributed by atoms with Gasteiger partial charge in [0.1, 0.15) is 5.82 Å². The third-order valence-corrected chi connectivity index (χ3v) is 2.13. The van der Waals surface area contributed by atoms with Crippen molar-refractivity contribution in [1.29, 1.82) is 0 Å². The van der Waals surface area contributed by atoms with Crippen LogP contribution < -0.4 is 11.1 Å². The predicted molar refractivity (Wildman–Crippen MR) is 47.0 cm³/mol. The van der Waals surface area contributed by atoms with Gasteiger partial charge in [-0.1, -0.05) is 0 Å². The first-order valence-electron chi connectivity index (χ1n) is 4.40. The minimum Gasteiger partial charge on any atom is -0.364 e. The van der Waals surface area contributed by atoms with Crippen LogP contribution in [0.5, 0.6) is 0 Å². The molecule has 0 bridgehead atoms. The summed E-state index contributed by atoms with van der Waals surface area (Å²) in [6.45, 7) is 0. The molecular weight excluding hydrogens is 209 g/mol. The average Bonchev–Trinajstić information content (AvgIpc) is 2.81. The number of alkyl halides is 3. The molecule has 1 aliphatic carbocycles. The van der Waals surface area contributed by atoms with Crippen molar-refractivity contribution in [3.05, 3.63) is 17.8 Å². The highest BCUT2D eigenvalue weighted by Crippen LogP contribution is 2.28. The highest BCUT2D eigenvalue weighted by Gasteiger charge is 2.35. The lowest BCUT2D eigenvalue weighted by Crippen LogP contribution is -2.15. The van der Waals surface area contributed by atoms with E-state index in [9.17, 15) is 13.2 Å². The van der Waals surface area contributed by atoms with Crippen molar-refractivity contribution >= 4 is 5.82 Å². The quantitative estimate of drug-likeness (QED) is 0.777. The van der Waals surface area contributed by atoms with E-state index < -0.39 is 11.9 Å². The molecule has 2 rings (SSSR count). The summed E-state index contributed by atoms with van der Waals surface area (Å²) in [7, 11) is 0. The maximum absolute atomic E-state index is 12.1. The van der Waals surface area contributed by atoms with Crippen molar-refractivity contribution in [2.75, 3.05) is 5.32 Å². The lowest BCUT2D eigenvalue weighted by molar-refractivity contribution is -0.141. The Hall–Kier alpha value is -1.37. The number of nitrogens with zero attached hydrogens (tertiary/aromatic N) is 2. The second-order valence-corrected chi connectivity index (χ2v) is 3.45. The van der Waals surface area contributed by atoms with Gasteiger partial charge in [-0.05, 0) is 18.6 Å². The molecule has 1 saturated carbocycles. The van der Waals surface area contributed by atoms with Crippen LogP contribution in [0, 0.1) is 0 Å². The summed E-state index contributed by atoms with van der Waals surface area (Å²) >= 11 is 0. The van der Waals surface area contributed by atoms with Crippen LogP contribution in [-0.2, 0) is 6.18 Å². The predicted octanol–water partition coefficient (Wildman–Crippen LogP) is 1.01. The number of nitrogens with one attached hydrogen (secondary N) is 1. The molecule has 0 radical (unpaired) electrons. The summed E-state index contributed by atoms with van der Waals surface area (Å²) in [5.74, 6) is 0.320. The normalized spacial score (nSPS) is 25.1. The molecule has 1 aromatic rings. The zero-order valence-corrected chi connectivity index (χ0v) is 7.62. The fourth-order valence-corrected chi connectivity index (χ4v) is 1.13. The first-order chi connectivity index (χ1) is 6.97. The maximum Gasteiger partial charge on any atom is 0.435 e. The van der Waals surface area contributed by atoms with Crippen molar-refractivity contribution in [2.24, 2.45) is 5.73 Å². The number of nitrogens with two attached hydrogens (primary N) is 1. The van der Waals surface area contributed by atoms with Gasteiger partial charge in [0, 0.05) is 12.1 Å². The molecule has 1 heterocycles. The van der Waals surface area contributed by atoms with Gasteiger partial charge >= 0.3 is 6.18 Å². The molecule has 2 unspecified atom stereocenters. The van der Waals surface area contributed by atoms with Crippen LogP contribution in [-0.4, -0.2) is 22.3 Å². The summed E-state index contributed by atoms with van der Waals surface area (Å²) in [4.78, 5) is 0. The van der Waals surface area contributed by atoms with E-state index in [4.69, 9.17) is 5.73 Å². The lowest BCUT2D eigenvalue weighted by Gasteiger charge is -2.06. The van der Waals surface area contributed by atoms with E-state index in [0.717, 1.165) is 12.5 Å². The summed E-state index contributed by atoms with van der Waals surface area (Å²) in [6.07, 6.45) is -3.63. The number of rotatable bonds is 2. The number of hydrogen-bond donors (Lipinski definition) is 2. The summed E-state index contributed by atoms with van der Waals surface area (Å²) in [5.41, 5.74) is 4.53. The number of aromatic nitrogens is 2. The number of hydrogen-bond acceptors (Lipinski definition) is 4. The topological polar surface area (TPSA) is 63.8 Å². The Morgan fingerprint density at radius 1 is 1.33 bits per heavy atom.